The summed E-state index contributed by atoms with van der Waals surface area (Å²) in [5.74, 6) is -0.856. The molecule has 0 atom stereocenters. The highest BCUT2D eigenvalue weighted by Gasteiger charge is 2.34. The van der Waals surface area contributed by atoms with Crippen LogP contribution in [0.2, 0.25) is 0 Å². The van der Waals surface area contributed by atoms with Gasteiger partial charge in [-0.15, -0.1) is 5.10 Å². The van der Waals surface area contributed by atoms with Gasteiger partial charge in [-0.1, -0.05) is 0 Å². The van der Waals surface area contributed by atoms with E-state index < -0.39 is 23.7 Å². The normalized spacial score (nSPS) is 13.1. The molecule has 1 saturated carbocycles. The van der Waals surface area contributed by atoms with Crippen LogP contribution >= 0.6 is 15.9 Å². The van der Waals surface area contributed by atoms with Crippen molar-refractivity contribution in [2.45, 2.75) is 38.5 Å². The van der Waals surface area contributed by atoms with E-state index in [1.165, 1.54) is 23.0 Å². The Labute approximate surface area is 233 Å². The number of rotatable bonds is 7. The summed E-state index contributed by atoms with van der Waals surface area (Å²) in [6.45, 7) is 1.39. The van der Waals surface area contributed by atoms with Crippen molar-refractivity contribution < 1.29 is 22.8 Å². The van der Waals surface area contributed by atoms with Crippen LogP contribution in [0.25, 0.3) is 5.82 Å². The number of benzene rings is 1. The predicted octanol–water partition coefficient (Wildman–Crippen LogP) is 4.01. The summed E-state index contributed by atoms with van der Waals surface area (Å²) in [5, 5.41) is 26.5. The first-order chi connectivity index (χ1) is 19.0. The Hall–Kier alpha value is -4.58. The van der Waals surface area contributed by atoms with Gasteiger partial charge in [0.25, 0.3) is 11.8 Å². The average molecular weight is 614 g/mol. The number of aromatic nitrogens is 6. The number of anilines is 1. The molecule has 0 saturated heterocycles. The first-order valence-corrected chi connectivity index (χ1v) is 12.7. The number of hydrogen-bond donors (Lipinski definition) is 2. The molecule has 40 heavy (non-hydrogen) atoms. The standard InChI is InChI=1S/C25H19BrF3N9O2/c1-13-7-14(10-30)8-17(23(39)33-15-4-5-15)21(13)34-24(40)19-9-16(12-37-32-11-20(36-37)25(27,28)29)35-38(19)22-18(26)3-2-6-31-22/h2-3,6-9,11,15H,4-5,12H2,1H3,(H,33,39)(H,34,40). The van der Waals surface area contributed by atoms with Crippen molar-refractivity contribution >= 4 is 33.4 Å². The van der Waals surface area contributed by atoms with E-state index in [1.807, 2.05) is 6.07 Å². The lowest BCUT2D eigenvalue weighted by Gasteiger charge is -2.15. The Kier molecular flexibility index (Phi) is 7.11. The van der Waals surface area contributed by atoms with Crippen molar-refractivity contribution in [3.63, 3.8) is 0 Å². The zero-order valence-corrected chi connectivity index (χ0v) is 22.3. The van der Waals surface area contributed by atoms with Gasteiger partial charge in [-0.3, -0.25) is 9.59 Å². The highest BCUT2D eigenvalue weighted by molar-refractivity contribution is 9.10. The molecule has 0 bridgehead atoms. The number of nitrogens with zero attached hydrogens (tertiary/aromatic N) is 7. The number of carbonyl (C=O) groups excluding carboxylic acids is 2. The molecule has 1 aromatic carbocycles. The molecule has 0 spiro atoms. The van der Waals surface area contributed by atoms with Crippen molar-refractivity contribution in [3.05, 3.63) is 81.0 Å². The van der Waals surface area contributed by atoms with E-state index in [9.17, 15) is 28.0 Å². The lowest BCUT2D eigenvalue weighted by atomic mass is 10.0. The van der Waals surface area contributed by atoms with Gasteiger partial charge in [0.1, 0.15) is 12.2 Å². The lowest BCUT2D eigenvalue weighted by molar-refractivity contribution is -0.141. The maximum Gasteiger partial charge on any atom is 0.436 e. The van der Waals surface area contributed by atoms with Crippen molar-refractivity contribution in [3.8, 4) is 11.9 Å². The fraction of sp³-hybridized carbons (Fsp3) is 0.240. The minimum absolute atomic E-state index is 0.0186. The number of aryl methyl sites for hydroxylation is 1. The molecule has 1 aliphatic carbocycles. The number of hydrogen-bond acceptors (Lipinski definition) is 7. The largest absolute Gasteiger partial charge is 0.436 e. The molecule has 0 unspecified atom stereocenters. The maximum atomic E-state index is 13.6. The first kappa shape index (κ1) is 27.0. The van der Waals surface area contributed by atoms with Gasteiger partial charge < -0.3 is 10.6 Å². The van der Waals surface area contributed by atoms with E-state index in [0.29, 0.717) is 16.2 Å². The Morgan fingerprint density at radius 2 is 1.98 bits per heavy atom. The van der Waals surface area contributed by atoms with Crippen LogP contribution in [0.4, 0.5) is 18.9 Å². The monoisotopic (exact) mass is 613 g/mol. The summed E-state index contributed by atoms with van der Waals surface area (Å²) < 4.78 is 40.7. The van der Waals surface area contributed by atoms with Crippen LogP contribution < -0.4 is 10.6 Å². The van der Waals surface area contributed by atoms with Crippen molar-refractivity contribution in [2.24, 2.45) is 0 Å². The van der Waals surface area contributed by atoms with Crippen molar-refractivity contribution in [1.29, 1.82) is 5.26 Å². The molecule has 204 valence electrons. The highest BCUT2D eigenvalue weighted by atomic mass is 79.9. The second kappa shape index (κ2) is 10.5. The van der Waals surface area contributed by atoms with Crippen LogP contribution in [0, 0.1) is 18.3 Å². The van der Waals surface area contributed by atoms with Gasteiger partial charge in [-0.25, -0.2) is 9.67 Å². The minimum atomic E-state index is -4.66. The molecule has 2 amide bonds. The summed E-state index contributed by atoms with van der Waals surface area (Å²) >= 11 is 3.38. The highest BCUT2D eigenvalue weighted by Crippen LogP contribution is 2.28. The number of alkyl halides is 3. The van der Waals surface area contributed by atoms with Crippen molar-refractivity contribution in [2.75, 3.05) is 5.32 Å². The second-order valence-electron chi connectivity index (χ2n) is 9.03. The molecule has 4 aromatic rings. The number of nitrogens with one attached hydrogen (secondary N) is 2. The van der Waals surface area contributed by atoms with E-state index in [1.54, 1.807) is 25.1 Å². The molecule has 2 N–H and O–H groups in total. The summed E-state index contributed by atoms with van der Waals surface area (Å²) in [4.78, 5) is 31.7. The predicted molar refractivity (Wildman–Crippen MR) is 138 cm³/mol. The van der Waals surface area contributed by atoms with E-state index in [0.717, 1.165) is 17.6 Å². The summed E-state index contributed by atoms with van der Waals surface area (Å²) in [5.41, 5.74) is 0.0729. The fourth-order valence-electron chi connectivity index (χ4n) is 3.88. The van der Waals surface area contributed by atoms with Gasteiger partial charge in [0.05, 0.1) is 39.2 Å². The Morgan fingerprint density at radius 3 is 2.62 bits per heavy atom. The molecule has 0 radical (unpaired) electrons. The second-order valence-corrected chi connectivity index (χ2v) is 9.88. The van der Waals surface area contributed by atoms with Gasteiger partial charge in [-0.05, 0) is 71.6 Å². The van der Waals surface area contributed by atoms with Crippen LogP contribution in [-0.4, -0.2) is 47.6 Å². The topological polar surface area (TPSA) is 143 Å². The molecule has 1 fully saturated rings. The molecule has 3 heterocycles. The molecular weight excluding hydrogens is 595 g/mol. The fourth-order valence-corrected chi connectivity index (χ4v) is 4.30. The van der Waals surface area contributed by atoms with E-state index in [-0.39, 0.29) is 46.6 Å². The zero-order chi connectivity index (χ0) is 28.6. The van der Waals surface area contributed by atoms with Crippen LogP contribution in [0.1, 0.15) is 56.2 Å². The quantitative estimate of drug-likeness (QED) is 0.320. The third-order valence-electron chi connectivity index (χ3n) is 5.92. The van der Waals surface area contributed by atoms with Crippen molar-refractivity contribution in [1.82, 2.24) is 35.1 Å². The molecule has 11 nitrogen and oxygen atoms in total. The molecule has 3 aromatic heterocycles. The van der Waals surface area contributed by atoms with Crippen LogP contribution in [0.5, 0.6) is 0 Å². The molecule has 15 heteroatoms. The number of amides is 2. The van der Waals surface area contributed by atoms with Gasteiger partial charge in [0, 0.05) is 12.2 Å². The van der Waals surface area contributed by atoms with Gasteiger partial charge >= 0.3 is 6.18 Å². The zero-order valence-electron chi connectivity index (χ0n) is 20.7. The average Bonchev–Trinajstić information content (AvgIpc) is 3.41. The molecular formula is C25H19BrF3N9O2. The van der Waals surface area contributed by atoms with Crippen LogP contribution in [0.3, 0.4) is 0 Å². The molecule has 0 aliphatic heterocycles. The Bertz CT molecular complexity index is 1670. The summed E-state index contributed by atoms with van der Waals surface area (Å²) in [6.07, 6.45) is -0.883. The number of pyridine rings is 1. The smallest absolute Gasteiger partial charge is 0.349 e. The van der Waals surface area contributed by atoms with Gasteiger partial charge in [0.2, 0.25) is 0 Å². The van der Waals surface area contributed by atoms with E-state index in [4.69, 9.17) is 0 Å². The van der Waals surface area contributed by atoms with Gasteiger partial charge in [0.15, 0.2) is 11.5 Å². The third-order valence-corrected chi connectivity index (χ3v) is 6.54. The van der Waals surface area contributed by atoms with E-state index in [2.05, 4.69) is 46.8 Å². The molecule has 5 rings (SSSR count). The Balaban J connectivity index is 1.52. The first-order valence-electron chi connectivity index (χ1n) is 11.9. The Morgan fingerprint density at radius 1 is 1.20 bits per heavy atom. The van der Waals surface area contributed by atoms with Crippen LogP contribution in [0.15, 0.2) is 47.2 Å². The number of halogens is 4. The number of carbonyl (C=O) groups is 2. The van der Waals surface area contributed by atoms with Crippen LogP contribution in [-0.2, 0) is 12.7 Å². The molecule has 1 aliphatic rings. The SMILES string of the molecule is Cc1cc(C#N)cc(C(=O)NC2CC2)c1NC(=O)c1cc(Cn2ncc(C(F)(F)F)n2)nn1-c1ncccc1Br. The minimum Gasteiger partial charge on any atom is -0.349 e. The third kappa shape index (κ3) is 5.71. The summed E-state index contributed by atoms with van der Waals surface area (Å²) in [6, 6.07) is 9.72. The lowest BCUT2D eigenvalue weighted by Crippen LogP contribution is -2.28. The summed E-state index contributed by atoms with van der Waals surface area (Å²) in [7, 11) is 0. The maximum absolute atomic E-state index is 13.6. The van der Waals surface area contributed by atoms with E-state index >= 15 is 0 Å². The number of nitriles is 1. The van der Waals surface area contributed by atoms with Gasteiger partial charge in [-0.2, -0.15) is 33.4 Å².